The topological polar surface area (TPSA) is 29.5 Å². The molecule has 0 spiro atoms. The summed E-state index contributed by atoms with van der Waals surface area (Å²) in [5.41, 5.74) is 2.09. The van der Waals surface area contributed by atoms with Crippen molar-refractivity contribution < 1.29 is 9.84 Å². The molecule has 1 aliphatic carbocycles. The standard InChI is InChI=1S/C17H26O2/c1-4-14-6-5-7-15(11-14)19-17-10-12(2)8-9-16(17)13(3)18/h8-10,13-15,18H,4-7,11H2,1-3H3/t13-,14?,15?/m0/s1. The Bertz CT molecular complexity index is 412. The molecule has 0 heterocycles. The highest BCUT2D eigenvalue weighted by atomic mass is 16.5. The predicted molar refractivity (Wildman–Crippen MR) is 78.5 cm³/mol. The van der Waals surface area contributed by atoms with Crippen molar-refractivity contribution in [2.75, 3.05) is 0 Å². The molecule has 0 bridgehead atoms. The molecule has 106 valence electrons. The first-order chi connectivity index (χ1) is 9.10. The van der Waals surface area contributed by atoms with Crippen LogP contribution in [0.5, 0.6) is 5.75 Å². The van der Waals surface area contributed by atoms with Crippen LogP contribution < -0.4 is 4.74 Å². The third-order valence-corrected chi connectivity index (χ3v) is 4.22. The molecule has 2 rings (SSSR count). The summed E-state index contributed by atoms with van der Waals surface area (Å²) < 4.78 is 6.20. The van der Waals surface area contributed by atoms with Crippen molar-refractivity contribution in [2.45, 2.75) is 65.1 Å². The molecule has 2 heteroatoms. The molecule has 0 radical (unpaired) electrons. The van der Waals surface area contributed by atoms with E-state index >= 15 is 0 Å². The number of aliphatic hydroxyl groups is 1. The van der Waals surface area contributed by atoms with E-state index in [0.717, 1.165) is 30.1 Å². The van der Waals surface area contributed by atoms with Crippen molar-refractivity contribution in [2.24, 2.45) is 5.92 Å². The van der Waals surface area contributed by atoms with Crippen LogP contribution in [0.25, 0.3) is 0 Å². The van der Waals surface area contributed by atoms with Crippen LogP contribution in [0.2, 0.25) is 0 Å². The van der Waals surface area contributed by atoms with Crippen LogP contribution >= 0.6 is 0 Å². The molecule has 1 saturated carbocycles. The third kappa shape index (κ3) is 3.73. The number of benzene rings is 1. The number of hydrogen-bond acceptors (Lipinski definition) is 2. The zero-order chi connectivity index (χ0) is 13.8. The zero-order valence-corrected chi connectivity index (χ0v) is 12.4. The van der Waals surface area contributed by atoms with Crippen molar-refractivity contribution >= 4 is 0 Å². The highest BCUT2D eigenvalue weighted by Gasteiger charge is 2.23. The van der Waals surface area contributed by atoms with E-state index in [1.165, 1.54) is 24.8 Å². The molecule has 2 nitrogen and oxygen atoms in total. The van der Waals surface area contributed by atoms with Gasteiger partial charge >= 0.3 is 0 Å². The summed E-state index contributed by atoms with van der Waals surface area (Å²) in [4.78, 5) is 0. The van der Waals surface area contributed by atoms with Crippen molar-refractivity contribution in [3.63, 3.8) is 0 Å². The zero-order valence-electron chi connectivity index (χ0n) is 12.4. The van der Waals surface area contributed by atoms with Crippen molar-refractivity contribution in [1.82, 2.24) is 0 Å². The van der Waals surface area contributed by atoms with Gasteiger partial charge in [0, 0.05) is 5.56 Å². The maximum Gasteiger partial charge on any atom is 0.125 e. The van der Waals surface area contributed by atoms with E-state index in [1.54, 1.807) is 6.92 Å². The first kappa shape index (κ1) is 14.4. The lowest BCUT2D eigenvalue weighted by Crippen LogP contribution is -2.25. The fraction of sp³-hybridized carbons (Fsp3) is 0.647. The van der Waals surface area contributed by atoms with Crippen LogP contribution in [-0.2, 0) is 0 Å². The lowest BCUT2D eigenvalue weighted by atomic mass is 9.85. The maximum absolute atomic E-state index is 9.84. The van der Waals surface area contributed by atoms with Gasteiger partial charge in [-0.2, -0.15) is 0 Å². The van der Waals surface area contributed by atoms with Gasteiger partial charge in [-0.25, -0.2) is 0 Å². The van der Waals surface area contributed by atoms with Crippen molar-refractivity contribution in [3.8, 4) is 5.75 Å². The number of ether oxygens (including phenoxy) is 1. The lowest BCUT2D eigenvalue weighted by molar-refractivity contribution is 0.115. The van der Waals surface area contributed by atoms with Crippen LogP contribution in [0, 0.1) is 12.8 Å². The number of hydrogen-bond donors (Lipinski definition) is 1. The molecular weight excluding hydrogens is 236 g/mol. The maximum atomic E-state index is 9.84. The Hall–Kier alpha value is -1.02. The van der Waals surface area contributed by atoms with Crippen molar-refractivity contribution in [3.05, 3.63) is 29.3 Å². The largest absolute Gasteiger partial charge is 0.490 e. The van der Waals surface area contributed by atoms with E-state index in [-0.39, 0.29) is 0 Å². The molecule has 1 N–H and O–H groups in total. The van der Waals surface area contributed by atoms with Gasteiger partial charge in [0.2, 0.25) is 0 Å². The lowest BCUT2D eigenvalue weighted by Gasteiger charge is -2.30. The molecule has 1 fully saturated rings. The molecular formula is C17H26O2. The summed E-state index contributed by atoms with van der Waals surface area (Å²) in [6.07, 6.45) is 6.00. The highest BCUT2D eigenvalue weighted by molar-refractivity contribution is 5.38. The first-order valence-electron chi connectivity index (χ1n) is 7.55. The molecule has 0 saturated heterocycles. The van der Waals surface area contributed by atoms with Crippen LogP contribution in [0.4, 0.5) is 0 Å². The summed E-state index contributed by atoms with van der Waals surface area (Å²) in [6, 6.07) is 6.07. The van der Waals surface area contributed by atoms with Crippen LogP contribution in [0.15, 0.2) is 18.2 Å². The van der Waals surface area contributed by atoms with E-state index in [1.807, 2.05) is 12.1 Å². The van der Waals surface area contributed by atoms with Gasteiger partial charge < -0.3 is 9.84 Å². The fourth-order valence-corrected chi connectivity index (χ4v) is 2.99. The van der Waals surface area contributed by atoms with E-state index < -0.39 is 6.10 Å². The normalized spacial score (nSPS) is 25.1. The highest BCUT2D eigenvalue weighted by Crippen LogP contribution is 2.33. The summed E-state index contributed by atoms with van der Waals surface area (Å²) in [7, 11) is 0. The van der Waals surface area contributed by atoms with Gasteiger partial charge in [-0.15, -0.1) is 0 Å². The molecule has 1 aromatic rings. The molecule has 0 amide bonds. The average molecular weight is 262 g/mol. The number of aryl methyl sites for hydroxylation is 1. The van der Waals surface area contributed by atoms with Crippen LogP contribution in [0.1, 0.15) is 63.2 Å². The van der Waals surface area contributed by atoms with Gasteiger partial charge in [-0.1, -0.05) is 31.9 Å². The Labute approximate surface area is 116 Å². The molecule has 3 atom stereocenters. The molecule has 19 heavy (non-hydrogen) atoms. The quantitative estimate of drug-likeness (QED) is 0.871. The summed E-state index contributed by atoms with van der Waals surface area (Å²) in [5, 5.41) is 9.84. The Kier molecular flexibility index (Phi) is 4.87. The minimum atomic E-state index is -0.471. The molecule has 2 unspecified atom stereocenters. The van der Waals surface area contributed by atoms with E-state index in [2.05, 4.69) is 19.9 Å². The Morgan fingerprint density at radius 2 is 2.16 bits per heavy atom. The van der Waals surface area contributed by atoms with Crippen LogP contribution in [-0.4, -0.2) is 11.2 Å². The van der Waals surface area contributed by atoms with E-state index in [4.69, 9.17) is 4.74 Å². The first-order valence-corrected chi connectivity index (χ1v) is 7.55. The summed E-state index contributed by atoms with van der Waals surface area (Å²) in [5.74, 6) is 1.68. The Morgan fingerprint density at radius 3 is 2.84 bits per heavy atom. The molecule has 1 aliphatic rings. The second-order valence-corrected chi connectivity index (χ2v) is 5.90. The molecule has 0 aliphatic heterocycles. The molecule has 1 aromatic carbocycles. The summed E-state index contributed by atoms with van der Waals surface area (Å²) in [6.45, 7) is 6.13. The van der Waals surface area contributed by atoms with Gasteiger partial charge in [0.1, 0.15) is 5.75 Å². The van der Waals surface area contributed by atoms with E-state index in [9.17, 15) is 5.11 Å². The fourth-order valence-electron chi connectivity index (χ4n) is 2.99. The van der Waals surface area contributed by atoms with Crippen LogP contribution in [0.3, 0.4) is 0 Å². The van der Waals surface area contributed by atoms with E-state index in [0.29, 0.717) is 6.10 Å². The minimum Gasteiger partial charge on any atom is -0.490 e. The van der Waals surface area contributed by atoms with Gasteiger partial charge in [0.25, 0.3) is 0 Å². The summed E-state index contributed by atoms with van der Waals surface area (Å²) >= 11 is 0. The minimum absolute atomic E-state index is 0.318. The monoisotopic (exact) mass is 262 g/mol. The SMILES string of the molecule is CCC1CCCC(Oc2cc(C)ccc2[C@H](C)O)C1. The van der Waals surface area contributed by atoms with Crippen molar-refractivity contribution in [1.29, 1.82) is 0 Å². The number of aliphatic hydroxyl groups excluding tert-OH is 1. The van der Waals surface area contributed by atoms with Gasteiger partial charge in [-0.3, -0.25) is 0 Å². The second kappa shape index (κ2) is 6.42. The molecule has 0 aromatic heterocycles. The Morgan fingerprint density at radius 1 is 1.37 bits per heavy atom. The third-order valence-electron chi connectivity index (χ3n) is 4.22. The smallest absolute Gasteiger partial charge is 0.125 e. The van der Waals surface area contributed by atoms with Gasteiger partial charge in [0.15, 0.2) is 0 Å². The van der Waals surface area contributed by atoms with Gasteiger partial charge in [0.05, 0.1) is 12.2 Å². The Balaban J connectivity index is 2.11. The average Bonchev–Trinajstić information content (AvgIpc) is 2.38. The number of rotatable bonds is 4. The predicted octanol–water partition coefficient (Wildman–Crippen LogP) is 4.40. The van der Waals surface area contributed by atoms with Gasteiger partial charge in [-0.05, 0) is 50.7 Å². The second-order valence-electron chi connectivity index (χ2n) is 5.90.